The average molecular weight is 351 g/mol. The Morgan fingerprint density at radius 2 is 1.75 bits per heavy atom. The third-order valence-electron chi connectivity index (χ3n) is 5.02. The number of primary sulfonamides is 1. The van der Waals surface area contributed by atoms with Gasteiger partial charge in [0.25, 0.3) is 0 Å². The number of nitrogens with zero attached hydrogens (tertiary/aromatic N) is 2. The first-order valence-electron chi connectivity index (χ1n) is 8.56. The van der Waals surface area contributed by atoms with E-state index in [1.807, 2.05) is 40.1 Å². The van der Waals surface area contributed by atoms with E-state index in [1.165, 1.54) is 0 Å². The molecule has 2 fully saturated rings. The molecule has 0 aromatic heterocycles. The lowest BCUT2D eigenvalue weighted by Gasteiger charge is -2.34. The smallest absolute Gasteiger partial charge is 0.244 e. The zero-order chi connectivity index (χ0) is 17.2. The summed E-state index contributed by atoms with van der Waals surface area (Å²) in [7, 11) is -3.57. The van der Waals surface area contributed by atoms with E-state index in [0.717, 1.165) is 37.9 Å². The van der Waals surface area contributed by atoms with Gasteiger partial charge in [0.05, 0.1) is 5.25 Å². The minimum atomic E-state index is -3.57. The van der Waals surface area contributed by atoms with E-state index in [2.05, 4.69) is 0 Å². The summed E-state index contributed by atoms with van der Waals surface area (Å²) in [5.41, 5.74) is 0.920. The van der Waals surface area contributed by atoms with Crippen molar-refractivity contribution in [2.24, 2.45) is 5.14 Å². The number of sulfonamides is 1. The number of carbonyl (C=O) groups excluding carboxylic acids is 1. The number of rotatable bonds is 4. The highest BCUT2D eigenvalue weighted by molar-refractivity contribution is 7.89. The largest absolute Gasteiger partial charge is 0.341 e. The maximum atomic E-state index is 13.1. The van der Waals surface area contributed by atoms with Gasteiger partial charge in [-0.25, -0.2) is 13.6 Å². The lowest BCUT2D eigenvalue weighted by molar-refractivity contribution is -0.137. The molecule has 1 aromatic rings. The van der Waals surface area contributed by atoms with Gasteiger partial charge in [-0.1, -0.05) is 30.3 Å². The Morgan fingerprint density at radius 1 is 1.08 bits per heavy atom. The van der Waals surface area contributed by atoms with Gasteiger partial charge in [0.2, 0.25) is 15.9 Å². The lowest BCUT2D eigenvalue weighted by atomic mass is 10.0. The Hall–Kier alpha value is -1.44. The number of amides is 1. The molecule has 0 spiro atoms. The average Bonchev–Trinajstić information content (AvgIpc) is 3.07. The molecule has 2 heterocycles. The molecule has 3 rings (SSSR count). The van der Waals surface area contributed by atoms with Crippen molar-refractivity contribution in [3.05, 3.63) is 35.9 Å². The molecular formula is C17H25N3O3S. The lowest BCUT2D eigenvalue weighted by Crippen LogP contribution is -2.45. The Balaban J connectivity index is 1.84. The van der Waals surface area contributed by atoms with Crippen LogP contribution < -0.4 is 5.14 Å². The van der Waals surface area contributed by atoms with E-state index in [1.54, 1.807) is 0 Å². The molecule has 2 saturated heterocycles. The van der Waals surface area contributed by atoms with Crippen LogP contribution in [-0.4, -0.2) is 55.6 Å². The van der Waals surface area contributed by atoms with E-state index in [-0.39, 0.29) is 5.91 Å². The molecule has 0 unspecified atom stereocenters. The Kier molecular flexibility index (Phi) is 5.22. The van der Waals surface area contributed by atoms with Gasteiger partial charge in [0.1, 0.15) is 6.04 Å². The van der Waals surface area contributed by atoms with Crippen molar-refractivity contribution in [1.82, 2.24) is 9.80 Å². The summed E-state index contributed by atoms with van der Waals surface area (Å²) in [6, 6.07) is 9.21. The summed E-state index contributed by atoms with van der Waals surface area (Å²) < 4.78 is 23.3. The van der Waals surface area contributed by atoms with Crippen LogP contribution in [0, 0.1) is 0 Å². The van der Waals surface area contributed by atoms with Crippen molar-refractivity contribution < 1.29 is 13.2 Å². The van der Waals surface area contributed by atoms with Gasteiger partial charge in [-0.2, -0.15) is 0 Å². The van der Waals surface area contributed by atoms with Gasteiger partial charge in [-0.3, -0.25) is 9.69 Å². The van der Waals surface area contributed by atoms with Gasteiger partial charge in [-0.05, 0) is 31.2 Å². The van der Waals surface area contributed by atoms with Crippen LogP contribution in [0.5, 0.6) is 0 Å². The SMILES string of the molecule is NS(=O)(=O)[C@@H]1CCN([C@@H](C(=O)N2CCCCC2)c2ccccc2)C1. The zero-order valence-corrected chi connectivity index (χ0v) is 14.6. The topological polar surface area (TPSA) is 83.7 Å². The molecule has 132 valence electrons. The van der Waals surface area contributed by atoms with Gasteiger partial charge in [-0.15, -0.1) is 0 Å². The highest BCUT2D eigenvalue weighted by Crippen LogP contribution is 2.29. The second kappa shape index (κ2) is 7.21. The number of hydrogen-bond acceptors (Lipinski definition) is 4. The summed E-state index contributed by atoms with van der Waals surface area (Å²) in [4.78, 5) is 17.0. The fourth-order valence-corrected chi connectivity index (χ4v) is 4.52. The highest BCUT2D eigenvalue weighted by atomic mass is 32.2. The molecule has 2 aliphatic heterocycles. The van der Waals surface area contributed by atoms with E-state index in [0.29, 0.717) is 19.5 Å². The predicted molar refractivity (Wildman–Crippen MR) is 92.7 cm³/mol. The normalized spacial score (nSPS) is 24.0. The minimum absolute atomic E-state index is 0.0796. The maximum Gasteiger partial charge on any atom is 0.244 e. The van der Waals surface area contributed by atoms with Crippen molar-refractivity contribution in [2.45, 2.75) is 37.0 Å². The molecule has 0 bridgehead atoms. The quantitative estimate of drug-likeness (QED) is 0.880. The summed E-state index contributed by atoms with van der Waals surface area (Å²) in [5.74, 6) is 0.0796. The maximum absolute atomic E-state index is 13.1. The summed E-state index contributed by atoms with van der Waals surface area (Å²) in [6.45, 7) is 2.46. The van der Waals surface area contributed by atoms with Crippen LogP contribution in [0.4, 0.5) is 0 Å². The number of benzene rings is 1. The first-order chi connectivity index (χ1) is 11.5. The predicted octanol–water partition coefficient (Wildman–Crippen LogP) is 1.10. The fraction of sp³-hybridized carbons (Fsp3) is 0.588. The molecule has 24 heavy (non-hydrogen) atoms. The first-order valence-corrected chi connectivity index (χ1v) is 10.2. The fourth-order valence-electron chi connectivity index (χ4n) is 3.69. The molecule has 2 N–H and O–H groups in total. The van der Waals surface area contributed by atoms with E-state index >= 15 is 0 Å². The van der Waals surface area contributed by atoms with Gasteiger partial charge in [0, 0.05) is 26.2 Å². The van der Waals surface area contributed by atoms with Crippen molar-refractivity contribution in [3.8, 4) is 0 Å². The van der Waals surface area contributed by atoms with Crippen LogP contribution in [0.25, 0.3) is 0 Å². The number of carbonyl (C=O) groups is 1. The summed E-state index contributed by atoms with van der Waals surface area (Å²) >= 11 is 0. The number of likely N-dealkylation sites (tertiary alicyclic amines) is 2. The van der Waals surface area contributed by atoms with Gasteiger partial charge < -0.3 is 4.90 Å². The van der Waals surface area contributed by atoms with E-state index in [9.17, 15) is 13.2 Å². The zero-order valence-electron chi connectivity index (χ0n) is 13.8. The molecular weight excluding hydrogens is 326 g/mol. The van der Waals surface area contributed by atoms with E-state index < -0.39 is 21.3 Å². The molecule has 1 amide bonds. The highest BCUT2D eigenvalue weighted by Gasteiger charge is 2.39. The standard InChI is InChI=1S/C17H25N3O3S/c18-24(22,23)15-9-12-20(13-15)16(14-7-3-1-4-8-14)17(21)19-10-5-2-6-11-19/h1,3-4,7-8,15-16H,2,5-6,9-13H2,(H2,18,22,23)/t15-,16-/m1/s1. The molecule has 0 aliphatic carbocycles. The Labute approximate surface area is 143 Å². The first kappa shape index (κ1) is 17.4. The van der Waals surface area contributed by atoms with Crippen molar-refractivity contribution >= 4 is 15.9 Å². The van der Waals surface area contributed by atoms with Crippen LogP contribution in [0.1, 0.15) is 37.3 Å². The Morgan fingerprint density at radius 3 is 2.33 bits per heavy atom. The molecule has 7 heteroatoms. The van der Waals surface area contributed by atoms with E-state index in [4.69, 9.17) is 5.14 Å². The molecule has 6 nitrogen and oxygen atoms in total. The molecule has 2 atom stereocenters. The van der Waals surface area contributed by atoms with Gasteiger partial charge >= 0.3 is 0 Å². The third kappa shape index (κ3) is 3.79. The molecule has 0 saturated carbocycles. The van der Waals surface area contributed by atoms with Crippen LogP contribution in [0.2, 0.25) is 0 Å². The summed E-state index contributed by atoms with van der Waals surface area (Å²) in [6.07, 6.45) is 3.71. The molecule has 2 aliphatic rings. The third-order valence-corrected chi connectivity index (χ3v) is 6.34. The van der Waals surface area contributed by atoms with Crippen molar-refractivity contribution in [2.75, 3.05) is 26.2 Å². The Bertz CT molecular complexity index is 672. The second-order valence-corrected chi connectivity index (χ2v) is 8.54. The van der Waals surface area contributed by atoms with Crippen LogP contribution in [0.15, 0.2) is 30.3 Å². The molecule has 1 aromatic carbocycles. The summed E-state index contributed by atoms with van der Waals surface area (Å²) in [5, 5.41) is 4.73. The monoisotopic (exact) mass is 351 g/mol. The number of piperidine rings is 1. The molecule has 0 radical (unpaired) electrons. The number of nitrogens with two attached hydrogens (primary N) is 1. The van der Waals surface area contributed by atoms with Crippen LogP contribution in [-0.2, 0) is 14.8 Å². The minimum Gasteiger partial charge on any atom is -0.341 e. The van der Waals surface area contributed by atoms with Crippen molar-refractivity contribution in [1.29, 1.82) is 0 Å². The second-order valence-electron chi connectivity index (χ2n) is 6.69. The number of hydrogen-bond donors (Lipinski definition) is 1. The van der Waals surface area contributed by atoms with Crippen molar-refractivity contribution in [3.63, 3.8) is 0 Å². The van der Waals surface area contributed by atoms with Crippen LogP contribution in [0.3, 0.4) is 0 Å². The van der Waals surface area contributed by atoms with Gasteiger partial charge in [0.15, 0.2) is 0 Å². The van der Waals surface area contributed by atoms with Crippen LogP contribution >= 0.6 is 0 Å².